The molecule has 0 aromatic carbocycles. The van der Waals surface area contributed by atoms with Crippen LogP contribution in [0.15, 0.2) is 6.20 Å². The predicted octanol–water partition coefficient (Wildman–Crippen LogP) is 5.19. The maximum Gasteiger partial charge on any atom is 0.339 e. The SMILES string of the molecule is CCOC(=O)c1cnc(NC23CC4CC(F)(CC(F)(C4)C2)C3)c2c1C1CCC2C1. The molecule has 1 aromatic rings. The van der Waals surface area contributed by atoms with Gasteiger partial charge in [-0.2, -0.15) is 0 Å². The van der Waals surface area contributed by atoms with Crippen molar-refractivity contribution in [1.82, 2.24) is 4.98 Å². The molecule has 1 N–H and O–H groups in total. The number of rotatable bonds is 4. The van der Waals surface area contributed by atoms with Crippen LogP contribution >= 0.6 is 0 Å². The zero-order valence-corrected chi connectivity index (χ0v) is 16.9. The minimum Gasteiger partial charge on any atom is -0.462 e. The van der Waals surface area contributed by atoms with Crippen LogP contribution in [0, 0.1) is 5.92 Å². The molecule has 5 saturated carbocycles. The number of halogens is 2. The Morgan fingerprint density at radius 1 is 1.14 bits per heavy atom. The van der Waals surface area contributed by atoms with Crippen LogP contribution in [0.3, 0.4) is 0 Å². The van der Waals surface area contributed by atoms with Crippen LogP contribution < -0.4 is 5.32 Å². The first-order valence-electron chi connectivity index (χ1n) is 11.2. The lowest BCUT2D eigenvalue weighted by atomic mass is 9.50. The first kappa shape index (κ1) is 18.1. The zero-order valence-electron chi connectivity index (χ0n) is 16.9. The van der Waals surface area contributed by atoms with Gasteiger partial charge in [0.25, 0.3) is 0 Å². The Hall–Kier alpha value is -1.72. The summed E-state index contributed by atoms with van der Waals surface area (Å²) < 4.78 is 36.1. The number of ether oxygens (including phenoxy) is 1. The van der Waals surface area contributed by atoms with E-state index in [1.165, 1.54) is 0 Å². The van der Waals surface area contributed by atoms with Gasteiger partial charge in [-0.3, -0.25) is 0 Å². The van der Waals surface area contributed by atoms with Gasteiger partial charge in [-0.05, 0) is 68.8 Å². The first-order chi connectivity index (χ1) is 13.8. The number of alkyl halides is 2. The Bertz CT molecular complexity index is 885. The molecule has 0 spiro atoms. The summed E-state index contributed by atoms with van der Waals surface area (Å²) in [5, 5.41) is 3.58. The number of carbonyl (C=O) groups excluding carboxylic acids is 1. The lowest BCUT2D eigenvalue weighted by Gasteiger charge is -2.61. The molecule has 6 bridgehead atoms. The minimum absolute atomic E-state index is 0.0535. The van der Waals surface area contributed by atoms with E-state index in [-0.39, 0.29) is 18.3 Å². The number of hydrogen-bond acceptors (Lipinski definition) is 4. The number of pyridine rings is 1. The summed E-state index contributed by atoms with van der Waals surface area (Å²) in [7, 11) is 0. The van der Waals surface area contributed by atoms with E-state index in [9.17, 15) is 4.79 Å². The van der Waals surface area contributed by atoms with E-state index in [1.807, 2.05) is 0 Å². The lowest BCUT2D eigenvalue weighted by molar-refractivity contribution is -0.137. The number of nitrogens with zero attached hydrogens (tertiary/aromatic N) is 1. The van der Waals surface area contributed by atoms with Crippen molar-refractivity contribution in [3.05, 3.63) is 22.9 Å². The van der Waals surface area contributed by atoms with Gasteiger partial charge in [-0.25, -0.2) is 18.6 Å². The molecule has 7 rings (SSSR count). The third kappa shape index (κ3) is 2.59. The number of carbonyl (C=O) groups is 1. The third-order valence-electron chi connectivity index (χ3n) is 8.22. The van der Waals surface area contributed by atoms with E-state index in [2.05, 4.69) is 10.3 Å². The van der Waals surface area contributed by atoms with E-state index in [1.54, 1.807) is 13.1 Å². The van der Waals surface area contributed by atoms with E-state index < -0.39 is 16.9 Å². The van der Waals surface area contributed by atoms with Crippen molar-refractivity contribution >= 4 is 11.8 Å². The molecule has 29 heavy (non-hydrogen) atoms. The largest absolute Gasteiger partial charge is 0.462 e. The number of hydrogen-bond donors (Lipinski definition) is 1. The van der Waals surface area contributed by atoms with Gasteiger partial charge in [0.15, 0.2) is 0 Å². The van der Waals surface area contributed by atoms with Crippen molar-refractivity contribution in [2.75, 3.05) is 11.9 Å². The van der Waals surface area contributed by atoms with Crippen LogP contribution in [0.1, 0.15) is 98.0 Å². The maximum absolute atomic E-state index is 15.4. The highest BCUT2D eigenvalue weighted by molar-refractivity contribution is 5.92. The highest BCUT2D eigenvalue weighted by atomic mass is 19.2. The number of fused-ring (bicyclic) bond motifs is 5. The van der Waals surface area contributed by atoms with Gasteiger partial charge in [0.1, 0.15) is 17.2 Å². The maximum atomic E-state index is 15.4. The van der Waals surface area contributed by atoms with Crippen molar-refractivity contribution < 1.29 is 18.3 Å². The molecule has 4 nitrogen and oxygen atoms in total. The molecular formula is C23H28F2N2O2. The van der Waals surface area contributed by atoms with Gasteiger partial charge in [0.05, 0.1) is 12.2 Å². The van der Waals surface area contributed by atoms with E-state index in [0.717, 1.165) is 42.6 Å². The van der Waals surface area contributed by atoms with Crippen molar-refractivity contribution in [1.29, 1.82) is 0 Å². The number of anilines is 1. The highest BCUT2D eigenvalue weighted by Crippen LogP contribution is 2.63. The molecule has 0 saturated heterocycles. The predicted molar refractivity (Wildman–Crippen MR) is 105 cm³/mol. The standard InChI is InChI=1S/C23H28F2N2O2/c1-2-29-20(28)16-9-26-19(18-15-4-3-14(5-15)17(16)18)27-23-8-13-6-21(24,11-23)10-22(25,7-13)12-23/h9,13-15H,2-8,10-12H2,1H3,(H,26,27). The van der Waals surface area contributed by atoms with Crippen LogP contribution in [0.2, 0.25) is 0 Å². The molecule has 1 heterocycles. The molecule has 0 aliphatic heterocycles. The molecule has 6 aliphatic rings. The number of esters is 1. The van der Waals surface area contributed by atoms with Gasteiger partial charge < -0.3 is 10.1 Å². The average molecular weight is 402 g/mol. The monoisotopic (exact) mass is 402 g/mol. The number of aromatic nitrogens is 1. The number of nitrogens with one attached hydrogen (secondary N) is 1. The van der Waals surface area contributed by atoms with Crippen molar-refractivity contribution in [3.8, 4) is 0 Å². The smallest absolute Gasteiger partial charge is 0.339 e. The Balaban J connectivity index is 1.40. The van der Waals surface area contributed by atoms with E-state index >= 15 is 8.78 Å². The van der Waals surface area contributed by atoms with E-state index in [0.29, 0.717) is 49.7 Å². The van der Waals surface area contributed by atoms with Crippen molar-refractivity contribution in [3.63, 3.8) is 0 Å². The highest BCUT2D eigenvalue weighted by Gasteiger charge is 2.65. The molecule has 6 aliphatic carbocycles. The van der Waals surface area contributed by atoms with Crippen LogP contribution in [-0.4, -0.2) is 34.4 Å². The van der Waals surface area contributed by atoms with Gasteiger partial charge in [-0.15, -0.1) is 0 Å². The molecule has 6 heteroatoms. The quantitative estimate of drug-likeness (QED) is 0.705. The van der Waals surface area contributed by atoms with Gasteiger partial charge in [0, 0.05) is 36.6 Å². The Labute approximate surface area is 169 Å². The molecule has 4 atom stereocenters. The summed E-state index contributed by atoms with van der Waals surface area (Å²) in [4.78, 5) is 17.1. The van der Waals surface area contributed by atoms with Crippen LogP contribution in [-0.2, 0) is 4.74 Å². The molecule has 156 valence electrons. The second-order valence-corrected chi connectivity index (χ2v) is 10.5. The molecule has 5 fully saturated rings. The summed E-state index contributed by atoms with van der Waals surface area (Å²) >= 11 is 0. The van der Waals surface area contributed by atoms with Gasteiger partial charge >= 0.3 is 5.97 Å². The van der Waals surface area contributed by atoms with Crippen molar-refractivity contribution in [2.45, 2.75) is 93.4 Å². The molecule has 0 radical (unpaired) electrons. The van der Waals surface area contributed by atoms with Crippen molar-refractivity contribution in [2.24, 2.45) is 5.92 Å². The fraction of sp³-hybridized carbons (Fsp3) is 0.739. The second kappa shape index (κ2) is 5.70. The van der Waals surface area contributed by atoms with E-state index in [4.69, 9.17) is 4.74 Å². The molecule has 4 unspecified atom stereocenters. The fourth-order valence-corrected chi connectivity index (χ4v) is 7.97. The summed E-state index contributed by atoms with van der Waals surface area (Å²) in [6.45, 7) is 2.14. The molecular weight excluding hydrogens is 374 g/mol. The Morgan fingerprint density at radius 2 is 1.83 bits per heavy atom. The summed E-state index contributed by atoms with van der Waals surface area (Å²) in [6.07, 6.45) is 7.44. The van der Waals surface area contributed by atoms with Gasteiger partial charge in [-0.1, -0.05) is 0 Å². The Morgan fingerprint density at radius 3 is 2.48 bits per heavy atom. The minimum atomic E-state index is -1.39. The molecule has 1 aromatic heterocycles. The first-order valence-corrected chi connectivity index (χ1v) is 11.2. The van der Waals surface area contributed by atoms with Crippen LogP contribution in [0.5, 0.6) is 0 Å². The Kier molecular flexibility index (Phi) is 3.55. The van der Waals surface area contributed by atoms with Crippen LogP contribution in [0.25, 0.3) is 0 Å². The average Bonchev–Trinajstić information content (AvgIpc) is 3.21. The van der Waals surface area contributed by atoms with Crippen LogP contribution in [0.4, 0.5) is 14.6 Å². The summed E-state index contributed by atoms with van der Waals surface area (Å²) in [5.74, 6) is 1.31. The van der Waals surface area contributed by atoms with Gasteiger partial charge in [0.2, 0.25) is 0 Å². The third-order valence-corrected chi connectivity index (χ3v) is 8.22. The topological polar surface area (TPSA) is 51.2 Å². The summed E-state index contributed by atoms with van der Waals surface area (Å²) in [5.41, 5.74) is -0.580. The normalized spacial score (nSPS) is 43.5. The fourth-order valence-electron chi connectivity index (χ4n) is 7.97. The second-order valence-electron chi connectivity index (χ2n) is 10.5. The zero-order chi connectivity index (χ0) is 20.0. The lowest BCUT2D eigenvalue weighted by Crippen LogP contribution is -2.65. The summed E-state index contributed by atoms with van der Waals surface area (Å²) in [6, 6.07) is 0. The molecule has 0 amide bonds.